The van der Waals surface area contributed by atoms with Crippen LogP contribution in [-0.2, 0) is 19.1 Å². The summed E-state index contributed by atoms with van der Waals surface area (Å²) in [6, 6.07) is -0.633. The topological polar surface area (TPSA) is 81.9 Å². The van der Waals surface area contributed by atoms with Crippen LogP contribution in [0.3, 0.4) is 0 Å². The molecule has 0 saturated carbocycles. The average molecular weight is 246 g/mol. The Morgan fingerprint density at radius 1 is 1.35 bits per heavy atom. The molecule has 0 radical (unpaired) electrons. The summed E-state index contributed by atoms with van der Waals surface area (Å²) in [7, 11) is 2.84. The SMILES string of the molecule is CCCN(CC(=O)OC)C(=O)C(N)CCOC. The van der Waals surface area contributed by atoms with Crippen molar-refractivity contribution < 1.29 is 19.1 Å². The van der Waals surface area contributed by atoms with Gasteiger partial charge in [-0.3, -0.25) is 9.59 Å². The lowest BCUT2D eigenvalue weighted by molar-refractivity contribution is -0.147. The van der Waals surface area contributed by atoms with E-state index in [1.165, 1.54) is 12.0 Å². The standard InChI is InChI=1S/C11H22N2O4/c1-4-6-13(8-10(14)17-3)11(15)9(12)5-7-16-2/h9H,4-8,12H2,1-3H3. The lowest BCUT2D eigenvalue weighted by Crippen LogP contribution is -2.46. The van der Waals surface area contributed by atoms with Gasteiger partial charge in [0.05, 0.1) is 13.2 Å². The van der Waals surface area contributed by atoms with E-state index < -0.39 is 12.0 Å². The van der Waals surface area contributed by atoms with Gasteiger partial charge < -0.3 is 20.1 Å². The van der Waals surface area contributed by atoms with E-state index in [4.69, 9.17) is 10.5 Å². The number of hydrogen-bond acceptors (Lipinski definition) is 5. The third-order valence-electron chi connectivity index (χ3n) is 2.30. The first kappa shape index (κ1) is 15.9. The second-order valence-electron chi connectivity index (χ2n) is 3.72. The van der Waals surface area contributed by atoms with E-state index >= 15 is 0 Å². The molecule has 0 fully saturated rings. The van der Waals surface area contributed by atoms with Crippen molar-refractivity contribution in [3.63, 3.8) is 0 Å². The highest BCUT2D eigenvalue weighted by Gasteiger charge is 2.22. The predicted molar refractivity (Wildman–Crippen MR) is 63.4 cm³/mol. The molecule has 0 aliphatic heterocycles. The van der Waals surface area contributed by atoms with Crippen LogP contribution in [0.5, 0.6) is 0 Å². The third-order valence-corrected chi connectivity index (χ3v) is 2.30. The number of rotatable bonds is 8. The second-order valence-corrected chi connectivity index (χ2v) is 3.72. The highest BCUT2D eigenvalue weighted by molar-refractivity contribution is 5.85. The van der Waals surface area contributed by atoms with Crippen LogP contribution in [0.1, 0.15) is 19.8 Å². The van der Waals surface area contributed by atoms with Crippen molar-refractivity contribution >= 4 is 11.9 Å². The molecule has 0 bridgehead atoms. The summed E-state index contributed by atoms with van der Waals surface area (Å²) >= 11 is 0. The minimum absolute atomic E-state index is 0.0517. The molecular formula is C11H22N2O4. The zero-order valence-electron chi connectivity index (χ0n) is 10.8. The van der Waals surface area contributed by atoms with E-state index in [2.05, 4.69) is 4.74 Å². The van der Waals surface area contributed by atoms with Gasteiger partial charge in [-0.25, -0.2) is 0 Å². The number of carbonyl (C=O) groups excluding carboxylic acids is 2. The minimum Gasteiger partial charge on any atom is -0.468 e. The second kappa shape index (κ2) is 8.95. The van der Waals surface area contributed by atoms with Crippen LogP contribution in [0, 0.1) is 0 Å². The fourth-order valence-corrected chi connectivity index (χ4v) is 1.36. The zero-order chi connectivity index (χ0) is 13.3. The summed E-state index contributed by atoms with van der Waals surface area (Å²) in [5.74, 6) is -0.681. The van der Waals surface area contributed by atoms with Gasteiger partial charge in [0, 0.05) is 20.3 Å². The lowest BCUT2D eigenvalue weighted by atomic mass is 10.2. The average Bonchev–Trinajstić information content (AvgIpc) is 2.34. The van der Waals surface area contributed by atoms with Gasteiger partial charge in [-0.15, -0.1) is 0 Å². The van der Waals surface area contributed by atoms with Crippen LogP contribution in [0.25, 0.3) is 0 Å². The Bertz CT molecular complexity index is 246. The Balaban J connectivity index is 4.36. The number of esters is 1. The number of carbonyl (C=O) groups is 2. The van der Waals surface area contributed by atoms with E-state index in [1.54, 1.807) is 7.11 Å². The quantitative estimate of drug-likeness (QED) is 0.598. The van der Waals surface area contributed by atoms with Crippen molar-refractivity contribution in [2.75, 3.05) is 33.9 Å². The van der Waals surface area contributed by atoms with Crippen molar-refractivity contribution in [1.82, 2.24) is 4.90 Å². The largest absolute Gasteiger partial charge is 0.468 e. The molecule has 0 aromatic heterocycles. The molecule has 2 N–H and O–H groups in total. The van der Waals surface area contributed by atoms with Gasteiger partial charge in [0.1, 0.15) is 6.54 Å². The first-order valence-electron chi connectivity index (χ1n) is 5.66. The van der Waals surface area contributed by atoms with Crippen molar-refractivity contribution in [3.8, 4) is 0 Å². The number of nitrogens with two attached hydrogens (primary N) is 1. The predicted octanol–water partition coefficient (Wildman–Crippen LogP) is -0.238. The summed E-state index contributed by atoms with van der Waals surface area (Å²) in [5, 5.41) is 0. The number of methoxy groups -OCH3 is 2. The molecule has 0 aliphatic rings. The van der Waals surface area contributed by atoms with E-state index in [0.717, 1.165) is 6.42 Å². The molecule has 1 unspecified atom stereocenters. The first-order chi connectivity index (χ1) is 8.06. The van der Waals surface area contributed by atoms with Crippen LogP contribution >= 0.6 is 0 Å². The molecule has 0 heterocycles. The Labute approximate surface area is 102 Å². The number of nitrogens with zero attached hydrogens (tertiary/aromatic N) is 1. The maximum Gasteiger partial charge on any atom is 0.325 e. The summed E-state index contributed by atoms with van der Waals surface area (Å²) in [6.07, 6.45) is 1.20. The van der Waals surface area contributed by atoms with Gasteiger partial charge in [-0.2, -0.15) is 0 Å². The van der Waals surface area contributed by atoms with Crippen LogP contribution in [0.2, 0.25) is 0 Å². The zero-order valence-corrected chi connectivity index (χ0v) is 10.8. The van der Waals surface area contributed by atoms with Gasteiger partial charge in [-0.1, -0.05) is 6.92 Å². The minimum atomic E-state index is -0.633. The van der Waals surface area contributed by atoms with Crippen LogP contribution in [0.4, 0.5) is 0 Å². The van der Waals surface area contributed by atoms with Gasteiger partial charge in [0.25, 0.3) is 0 Å². The fourth-order valence-electron chi connectivity index (χ4n) is 1.36. The van der Waals surface area contributed by atoms with Gasteiger partial charge in [0.15, 0.2) is 0 Å². The number of hydrogen-bond donors (Lipinski definition) is 1. The Morgan fingerprint density at radius 2 is 2.00 bits per heavy atom. The molecule has 100 valence electrons. The summed E-state index contributed by atoms with van der Waals surface area (Å²) in [6.45, 7) is 2.79. The lowest BCUT2D eigenvalue weighted by Gasteiger charge is -2.24. The molecule has 6 nitrogen and oxygen atoms in total. The van der Waals surface area contributed by atoms with Crippen LogP contribution < -0.4 is 5.73 Å². The molecular weight excluding hydrogens is 224 g/mol. The Hall–Kier alpha value is -1.14. The Morgan fingerprint density at radius 3 is 2.47 bits per heavy atom. The molecule has 17 heavy (non-hydrogen) atoms. The van der Waals surface area contributed by atoms with Crippen molar-refractivity contribution in [1.29, 1.82) is 0 Å². The molecule has 0 aromatic carbocycles. The highest BCUT2D eigenvalue weighted by atomic mass is 16.5. The molecule has 0 aromatic rings. The molecule has 0 saturated heterocycles. The van der Waals surface area contributed by atoms with Gasteiger partial charge in [-0.05, 0) is 12.8 Å². The highest BCUT2D eigenvalue weighted by Crippen LogP contribution is 2.00. The molecule has 0 rings (SSSR count). The third kappa shape index (κ3) is 6.23. The van der Waals surface area contributed by atoms with Gasteiger partial charge >= 0.3 is 5.97 Å². The van der Waals surface area contributed by atoms with E-state index in [0.29, 0.717) is 19.6 Å². The van der Waals surface area contributed by atoms with Crippen LogP contribution in [0.15, 0.2) is 0 Å². The maximum absolute atomic E-state index is 11.9. The van der Waals surface area contributed by atoms with E-state index in [9.17, 15) is 9.59 Å². The van der Waals surface area contributed by atoms with E-state index in [1.807, 2.05) is 6.92 Å². The molecule has 0 spiro atoms. The monoisotopic (exact) mass is 246 g/mol. The molecule has 1 atom stereocenters. The molecule has 1 amide bonds. The van der Waals surface area contributed by atoms with Crippen molar-refractivity contribution in [2.24, 2.45) is 5.73 Å². The Kier molecular flexibility index (Phi) is 8.35. The smallest absolute Gasteiger partial charge is 0.325 e. The first-order valence-corrected chi connectivity index (χ1v) is 5.66. The van der Waals surface area contributed by atoms with Gasteiger partial charge in [0.2, 0.25) is 5.91 Å². The van der Waals surface area contributed by atoms with Crippen LogP contribution in [-0.4, -0.2) is 56.7 Å². The molecule has 0 aliphatic carbocycles. The normalized spacial score (nSPS) is 12.0. The maximum atomic E-state index is 11.9. The fraction of sp³-hybridized carbons (Fsp3) is 0.818. The van der Waals surface area contributed by atoms with Crippen molar-refractivity contribution in [3.05, 3.63) is 0 Å². The number of ether oxygens (including phenoxy) is 2. The number of amides is 1. The van der Waals surface area contributed by atoms with E-state index in [-0.39, 0.29) is 12.5 Å². The molecule has 6 heteroatoms. The van der Waals surface area contributed by atoms with Crippen molar-refractivity contribution in [2.45, 2.75) is 25.8 Å². The summed E-state index contributed by atoms with van der Waals surface area (Å²) in [4.78, 5) is 24.5. The summed E-state index contributed by atoms with van der Waals surface area (Å²) < 4.78 is 9.40. The summed E-state index contributed by atoms with van der Waals surface area (Å²) in [5.41, 5.74) is 5.73.